The summed E-state index contributed by atoms with van der Waals surface area (Å²) in [5.41, 5.74) is 5.70. The zero-order chi connectivity index (χ0) is 14.1. The van der Waals surface area contributed by atoms with Crippen molar-refractivity contribution in [2.45, 2.75) is 56.1 Å². The van der Waals surface area contributed by atoms with Crippen molar-refractivity contribution in [3.05, 3.63) is 17.5 Å². The fourth-order valence-corrected chi connectivity index (χ4v) is 2.79. The molecule has 2 aromatic rings. The Morgan fingerprint density at radius 1 is 1.40 bits per heavy atom. The van der Waals surface area contributed by atoms with Crippen molar-refractivity contribution in [2.24, 2.45) is 5.73 Å². The SMILES string of the molecule is CC(C)c1noc(CSc2nnc(CN)n2C2CC2)n1. The first-order valence-electron chi connectivity index (χ1n) is 6.78. The summed E-state index contributed by atoms with van der Waals surface area (Å²) in [6, 6.07) is 0.514. The van der Waals surface area contributed by atoms with E-state index in [1.54, 1.807) is 11.8 Å². The van der Waals surface area contributed by atoms with Crippen LogP contribution in [-0.4, -0.2) is 24.9 Å². The predicted octanol–water partition coefficient (Wildman–Crippen LogP) is 1.87. The number of hydrogen-bond donors (Lipinski definition) is 1. The first-order chi connectivity index (χ1) is 9.69. The molecule has 0 amide bonds. The van der Waals surface area contributed by atoms with Gasteiger partial charge in [0.2, 0.25) is 5.89 Å². The molecular formula is C12H18N6OS. The maximum atomic E-state index is 5.70. The molecule has 0 unspecified atom stereocenters. The smallest absolute Gasteiger partial charge is 0.237 e. The average molecular weight is 294 g/mol. The van der Waals surface area contributed by atoms with Crippen LogP contribution in [0.3, 0.4) is 0 Å². The van der Waals surface area contributed by atoms with E-state index < -0.39 is 0 Å². The number of aromatic nitrogens is 5. The van der Waals surface area contributed by atoms with Gasteiger partial charge in [-0.25, -0.2) is 0 Å². The molecule has 0 bridgehead atoms. The van der Waals surface area contributed by atoms with E-state index in [0.29, 0.717) is 24.2 Å². The molecule has 0 aliphatic heterocycles. The van der Waals surface area contributed by atoms with Crippen LogP contribution in [0.4, 0.5) is 0 Å². The van der Waals surface area contributed by atoms with E-state index in [4.69, 9.17) is 10.3 Å². The zero-order valence-corrected chi connectivity index (χ0v) is 12.4. The van der Waals surface area contributed by atoms with Crippen LogP contribution in [0.5, 0.6) is 0 Å². The summed E-state index contributed by atoms with van der Waals surface area (Å²) in [6.45, 7) is 4.50. The normalized spacial score (nSPS) is 15.2. The first kappa shape index (κ1) is 13.6. The second kappa shape index (κ2) is 5.53. The van der Waals surface area contributed by atoms with Crippen molar-refractivity contribution in [3.8, 4) is 0 Å². The van der Waals surface area contributed by atoms with Gasteiger partial charge in [0, 0.05) is 12.0 Å². The van der Waals surface area contributed by atoms with Crippen molar-refractivity contribution in [1.82, 2.24) is 24.9 Å². The van der Waals surface area contributed by atoms with Gasteiger partial charge >= 0.3 is 0 Å². The molecule has 3 rings (SSSR count). The fourth-order valence-electron chi connectivity index (χ4n) is 1.93. The zero-order valence-electron chi connectivity index (χ0n) is 11.6. The largest absolute Gasteiger partial charge is 0.338 e. The minimum Gasteiger partial charge on any atom is -0.338 e. The molecule has 8 heteroatoms. The monoisotopic (exact) mass is 294 g/mol. The van der Waals surface area contributed by atoms with Crippen LogP contribution in [0.25, 0.3) is 0 Å². The fraction of sp³-hybridized carbons (Fsp3) is 0.667. The maximum absolute atomic E-state index is 5.70. The van der Waals surface area contributed by atoms with Crippen LogP contribution >= 0.6 is 11.8 Å². The van der Waals surface area contributed by atoms with Gasteiger partial charge in [-0.1, -0.05) is 30.8 Å². The maximum Gasteiger partial charge on any atom is 0.237 e. The van der Waals surface area contributed by atoms with E-state index in [0.717, 1.165) is 16.8 Å². The lowest BCUT2D eigenvalue weighted by atomic mass is 10.2. The number of nitrogens with zero attached hydrogens (tertiary/aromatic N) is 5. The summed E-state index contributed by atoms with van der Waals surface area (Å²) < 4.78 is 7.38. The van der Waals surface area contributed by atoms with E-state index in [1.807, 2.05) is 13.8 Å². The lowest BCUT2D eigenvalue weighted by molar-refractivity contribution is 0.382. The van der Waals surface area contributed by atoms with Crippen LogP contribution in [0.2, 0.25) is 0 Å². The van der Waals surface area contributed by atoms with E-state index in [9.17, 15) is 0 Å². The molecule has 0 saturated heterocycles. The van der Waals surface area contributed by atoms with E-state index >= 15 is 0 Å². The Morgan fingerprint density at radius 2 is 2.20 bits per heavy atom. The van der Waals surface area contributed by atoms with Gasteiger partial charge in [-0.05, 0) is 12.8 Å². The average Bonchev–Trinajstić information content (AvgIpc) is 3.02. The van der Waals surface area contributed by atoms with Gasteiger partial charge in [0.1, 0.15) is 5.82 Å². The Hall–Kier alpha value is -1.41. The van der Waals surface area contributed by atoms with E-state index in [1.165, 1.54) is 12.8 Å². The first-order valence-corrected chi connectivity index (χ1v) is 7.76. The second-order valence-corrected chi connectivity index (χ2v) is 6.14. The Kier molecular flexibility index (Phi) is 3.75. The molecule has 1 saturated carbocycles. The van der Waals surface area contributed by atoms with Crippen LogP contribution in [0.15, 0.2) is 9.68 Å². The lowest BCUT2D eigenvalue weighted by Crippen LogP contribution is -2.08. The third-order valence-corrected chi connectivity index (χ3v) is 4.08. The Morgan fingerprint density at radius 3 is 2.80 bits per heavy atom. The molecule has 2 heterocycles. The second-order valence-electron chi connectivity index (χ2n) is 5.19. The van der Waals surface area contributed by atoms with Gasteiger partial charge in [-0.3, -0.25) is 0 Å². The Balaban J connectivity index is 1.70. The highest BCUT2D eigenvalue weighted by atomic mass is 32.2. The van der Waals surface area contributed by atoms with Gasteiger partial charge in [0.05, 0.1) is 12.3 Å². The highest BCUT2D eigenvalue weighted by Gasteiger charge is 2.29. The van der Waals surface area contributed by atoms with Gasteiger partial charge in [0.15, 0.2) is 11.0 Å². The van der Waals surface area contributed by atoms with Crippen LogP contribution < -0.4 is 5.73 Å². The van der Waals surface area contributed by atoms with Crippen molar-refractivity contribution in [3.63, 3.8) is 0 Å². The molecule has 108 valence electrons. The molecule has 2 N–H and O–H groups in total. The minimum atomic E-state index is 0.274. The number of hydrogen-bond acceptors (Lipinski definition) is 7. The summed E-state index contributed by atoms with van der Waals surface area (Å²) in [5, 5.41) is 13.2. The molecule has 1 fully saturated rings. The molecule has 0 aromatic carbocycles. The van der Waals surface area contributed by atoms with Crippen LogP contribution in [-0.2, 0) is 12.3 Å². The molecular weight excluding hydrogens is 276 g/mol. The summed E-state index contributed by atoms with van der Waals surface area (Å²) in [7, 11) is 0. The third kappa shape index (κ3) is 2.71. The molecule has 20 heavy (non-hydrogen) atoms. The minimum absolute atomic E-state index is 0.274. The molecule has 0 spiro atoms. The summed E-state index contributed by atoms with van der Waals surface area (Å²) >= 11 is 1.57. The van der Waals surface area contributed by atoms with Gasteiger partial charge < -0.3 is 14.8 Å². The van der Waals surface area contributed by atoms with Gasteiger partial charge in [-0.15, -0.1) is 10.2 Å². The van der Waals surface area contributed by atoms with Gasteiger partial charge in [-0.2, -0.15) is 4.98 Å². The highest BCUT2D eigenvalue weighted by molar-refractivity contribution is 7.98. The summed E-state index contributed by atoms with van der Waals surface area (Å²) in [4.78, 5) is 4.36. The standard InChI is InChI=1S/C12H18N6OS/c1-7(2)11-14-10(19-17-11)6-20-12-16-15-9(5-13)18(12)8-3-4-8/h7-8H,3-6,13H2,1-2H3. The molecule has 2 aromatic heterocycles. The van der Waals surface area contributed by atoms with Crippen molar-refractivity contribution in [2.75, 3.05) is 0 Å². The van der Waals surface area contributed by atoms with E-state index in [-0.39, 0.29) is 5.92 Å². The molecule has 1 aliphatic carbocycles. The topological polar surface area (TPSA) is 95.6 Å². The number of nitrogens with two attached hydrogens (primary N) is 1. The van der Waals surface area contributed by atoms with Crippen molar-refractivity contribution in [1.29, 1.82) is 0 Å². The Labute approximate surface area is 121 Å². The quantitative estimate of drug-likeness (QED) is 0.812. The van der Waals surface area contributed by atoms with E-state index in [2.05, 4.69) is 24.9 Å². The summed E-state index contributed by atoms with van der Waals surface area (Å²) in [5.74, 6) is 3.10. The predicted molar refractivity (Wildman–Crippen MR) is 74.1 cm³/mol. The van der Waals surface area contributed by atoms with Crippen LogP contribution in [0, 0.1) is 0 Å². The Bertz CT molecular complexity index is 589. The van der Waals surface area contributed by atoms with Crippen molar-refractivity contribution >= 4 is 11.8 Å². The van der Waals surface area contributed by atoms with Crippen molar-refractivity contribution < 1.29 is 4.52 Å². The third-order valence-electron chi connectivity index (χ3n) is 3.15. The number of thioether (sulfide) groups is 1. The molecule has 0 atom stereocenters. The molecule has 7 nitrogen and oxygen atoms in total. The van der Waals surface area contributed by atoms with Gasteiger partial charge in [0.25, 0.3) is 0 Å². The number of rotatable bonds is 6. The highest BCUT2D eigenvalue weighted by Crippen LogP contribution is 2.39. The summed E-state index contributed by atoms with van der Waals surface area (Å²) in [6.07, 6.45) is 2.35. The van der Waals surface area contributed by atoms with Crippen LogP contribution in [0.1, 0.15) is 56.2 Å². The molecule has 0 radical (unpaired) electrons. The lowest BCUT2D eigenvalue weighted by Gasteiger charge is -2.05. The molecule has 1 aliphatic rings.